The number of piperidine rings is 1. The summed E-state index contributed by atoms with van der Waals surface area (Å²) in [6.07, 6.45) is 7.55. The molecule has 0 unspecified atom stereocenters. The SMILES string of the molecule is CN(Cc1ccoc1)C(=O)[C@H]1[C@@H]2C[C@@H](CN(c3ncccn3)C2)c2cccc(=O)n21. The Labute approximate surface area is 173 Å². The number of fused-ring (bicyclic) bond motifs is 4. The number of nitrogens with zero attached hydrogens (tertiary/aromatic N) is 5. The van der Waals surface area contributed by atoms with E-state index >= 15 is 0 Å². The van der Waals surface area contributed by atoms with Crippen LogP contribution >= 0.6 is 0 Å². The van der Waals surface area contributed by atoms with Gasteiger partial charge < -0.3 is 14.2 Å². The molecule has 0 saturated carbocycles. The van der Waals surface area contributed by atoms with Crippen LogP contribution in [0.25, 0.3) is 0 Å². The number of hydrogen-bond acceptors (Lipinski definition) is 6. The molecule has 0 N–H and O–H groups in total. The highest BCUT2D eigenvalue weighted by Gasteiger charge is 2.45. The van der Waals surface area contributed by atoms with E-state index in [1.807, 2.05) is 12.1 Å². The van der Waals surface area contributed by atoms with Crippen LogP contribution in [-0.4, -0.2) is 45.5 Å². The molecule has 3 aromatic heterocycles. The topological polar surface area (TPSA) is 84.5 Å². The van der Waals surface area contributed by atoms with Crippen molar-refractivity contribution in [3.63, 3.8) is 0 Å². The number of pyridine rings is 1. The minimum atomic E-state index is -0.548. The lowest BCUT2D eigenvalue weighted by Gasteiger charge is -2.46. The summed E-state index contributed by atoms with van der Waals surface area (Å²) in [5.74, 6) is 0.756. The van der Waals surface area contributed by atoms with Crippen molar-refractivity contribution in [2.24, 2.45) is 5.92 Å². The molecule has 1 fully saturated rings. The molecule has 3 aromatic rings. The van der Waals surface area contributed by atoms with Crippen LogP contribution in [0.3, 0.4) is 0 Å². The quantitative estimate of drug-likeness (QED) is 0.661. The van der Waals surface area contributed by atoms with Crippen molar-refractivity contribution in [3.8, 4) is 0 Å². The second-order valence-corrected chi connectivity index (χ2v) is 8.08. The van der Waals surface area contributed by atoms with Crippen LogP contribution in [-0.2, 0) is 11.3 Å². The molecule has 3 atom stereocenters. The van der Waals surface area contributed by atoms with Crippen molar-refractivity contribution in [2.45, 2.75) is 24.9 Å². The highest BCUT2D eigenvalue weighted by Crippen LogP contribution is 2.42. The Morgan fingerprint density at radius 1 is 1.20 bits per heavy atom. The van der Waals surface area contributed by atoms with Crippen LogP contribution in [0.15, 0.2) is 64.5 Å². The molecular formula is C22H23N5O3. The highest BCUT2D eigenvalue weighted by molar-refractivity contribution is 5.81. The zero-order chi connectivity index (χ0) is 20.7. The van der Waals surface area contributed by atoms with Gasteiger partial charge in [-0.05, 0) is 24.6 Å². The molecule has 5 rings (SSSR count). The molecule has 0 aliphatic carbocycles. The summed E-state index contributed by atoms with van der Waals surface area (Å²) in [5.41, 5.74) is 1.71. The fraction of sp³-hybridized carbons (Fsp3) is 0.364. The molecule has 5 heterocycles. The van der Waals surface area contributed by atoms with E-state index in [1.165, 1.54) is 0 Å². The first-order valence-corrected chi connectivity index (χ1v) is 10.1. The van der Waals surface area contributed by atoms with Crippen LogP contribution in [0.5, 0.6) is 0 Å². The number of furan rings is 1. The normalized spacial score (nSPS) is 22.4. The number of aromatic nitrogens is 3. The molecule has 1 saturated heterocycles. The minimum Gasteiger partial charge on any atom is -0.472 e. The van der Waals surface area contributed by atoms with E-state index in [0.29, 0.717) is 19.0 Å². The molecule has 30 heavy (non-hydrogen) atoms. The Bertz CT molecular complexity index is 1100. The van der Waals surface area contributed by atoms with E-state index < -0.39 is 6.04 Å². The number of amides is 1. The van der Waals surface area contributed by atoms with Crippen LogP contribution in [0.4, 0.5) is 5.95 Å². The lowest BCUT2D eigenvalue weighted by Crippen LogP contribution is -2.53. The smallest absolute Gasteiger partial charge is 0.251 e. The first-order valence-electron chi connectivity index (χ1n) is 10.1. The zero-order valence-electron chi connectivity index (χ0n) is 16.7. The third-order valence-corrected chi connectivity index (χ3v) is 6.11. The fourth-order valence-electron chi connectivity index (χ4n) is 4.83. The predicted octanol–water partition coefficient (Wildman–Crippen LogP) is 2.05. The van der Waals surface area contributed by atoms with E-state index in [0.717, 1.165) is 24.2 Å². The molecule has 2 aliphatic rings. The van der Waals surface area contributed by atoms with Gasteiger partial charge in [0.15, 0.2) is 0 Å². The summed E-state index contributed by atoms with van der Waals surface area (Å²) < 4.78 is 6.85. The number of anilines is 1. The van der Waals surface area contributed by atoms with Crippen LogP contribution in [0.2, 0.25) is 0 Å². The summed E-state index contributed by atoms with van der Waals surface area (Å²) in [6, 6.07) is 8.38. The maximum atomic E-state index is 13.6. The molecule has 0 radical (unpaired) electrons. The van der Waals surface area contributed by atoms with Crippen molar-refractivity contribution in [2.75, 3.05) is 25.0 Å². The van der Waals surface area contributed by atoms with Gasteiger partial charge in [-0.25, -0.2) is 9.97 Å². The van der Waals surface area contributed by atoms with E-state index in [-0.39, 0.29) is 23.3 Å². The van der Waals surface area contributed by atoms with Gasteiger partial charge in [-0.3, -0.25) is 14.2 Å². The van der Waals surface area contributed by atoms with Crippen molar-refractivity contribution >= 4 is 11.9 Å². The number of likely N-dealkylation sites (N-methyl/N-ethyl adjacent to an activating group) is 1. The van der Waals surface area contributed by atoms with Crippen molar-refractivity contribution in [3.05, 3.63) is 76.9 Å². The van der Waals surface area contributed by atoms with E-state index in [9.17, 15) is 9.59 Å². The molecular weight excluding hydrogens is 382 g/mol. The van der Waals surface area contributed by atoms with Gasteiger partial charge in [0.25, 0.3) is 5.56 Å². The largest absolute Gasteiger partial charge is 0.472 e. The van der Waals surface area contributed by atoms with Gasteiger partial charge in [-0.1, -0.05) is 6.07 Å². The first kappa shape index (κ1) is 18.6. The molecule has 2 bridgehead atoms. The van der Waals surface area contributed by atoms with Gasteiger partial charge in [-0.15, -0.1) is 0 Å². The Morgan fingerprint density at radius 3 is 2.80 bits per heavy atom. The molecule has 8 nitrogen and oxygen atoms in total. The number of carbonyl (C=O) groups excluding carboxylic acids is 1. The Kier molecular flexibility index (Phi) is 4.61. The van der Waals surface area contributed by atoms with Gasteiger partial charge in [0.2, 0.25) is 11.9 Å². The van der Waals surface area contributed by atoms with Crippen molar-refractivity contribution < 1.29 is 9.21 Å². The van der Waals surface area contributed by atoms with E-state index in [4.69, 9.17) is 4.42 Å². The van der Waals surface area contributed by atoms with Crippen LogP contribution < -0.4 is 10.5 Å². The molecule has 0 spiro atoms. The fourth-order valence-corrected chi connectivity index (χ4v) is 4.83. The third kappa shape index (κ3) is 3.18. The van der Waals surface area contributed by atoms with Crippen molar-refractivity contribution in [1.82, 2.24) is 19.4 Å². The third-order valence-electron chi connectivity index (χ3n) is 6.11. The van der Waals surface area contributed by atoms with Gasteiger partial charge in [-0.2, -0.15) is 0 Å². The predicted molar refractivity (Wildman–Crippen MR) is 110 cm³/mol. The molecule has 2 aliphatic heterocycles. The Morgan fingerprint density at radius 2 is 2.03 bits per heavy atom. The second-order valence-electron chi connectivity index (χ2n) is 8.08. The number of rotatable bonds is 4. The molecule has 0 aromatic carbocycles. The van der Waals surface area contributed by atoms with E-state index in [2.05, 4.69) is 14.9 Å². The summed E-state index contributed by atoms with van der Waals surface area (Å²) >= 11 is 0. The van der Waals surface area contributed by atoms with Gasteiger partial charge in [0.05, 0.1) is 12.5 Å². The molecule has 1 amide bonds. The van der Waals surface area contributed by atoms with Crippen LogP contribution in [0.1, 0.15) is 29.6 Å². The van der Waals surface area contributed by atoms with Gasteiger partial charge >= 0.3 is 0 Å². The minimum absolute atomic E-state index is 0.000504. The monoisotopic (exact) mass is 405 g/mol. The van der Waals surface area contributed by atoms with E-state index in [1.54, 1.807) is 59.6 Å². The summed E-state index contributed by atoms with van der Waals surface area (Å²) in [6.45, 7) is 1.80. The molecule has 8 heteroatoms. The lowest BCUT2D eigenvalue weighted by atomic mass is 9.78. The average Bonchev–Trinajstić information content (AvgIpc) is 3.28. The summed E-state index contributed by atoms with van der Waals surface area (Å²) in [4.78, 5) is 39.0. The highest BCUT2D eigenvalue weighted by atomic mass is 16.3. The Hall–Kier alpha value is -3.42. The number of carbonyl (C=O) groups is 1. The van der Waals surface area contributed by atoms with Crippen LogP contribution in [0, 0.1) is 5.92 Å². The lowest BCUT2D eigenvalue weighted by molar-refractivity contribution is -0.136. The van der Waals surface area contributed by atoms with Gasteiger partial charge in [0, 0.05) is 68.2 Å². The van der Waals surface area contributed by atoms with Gasteiger partial charge in [0.1, 0.15) is 6.04 Å². The number of hydrogen-bond donors (Lipinski definition) is 0. The summed E-state index contributed by atoms with van der Waals surface area (Å²) in [7, 11) is 1.77. The Balaban J connectivity index is 1.52. The van der Waals surface area contributed by atoms with Crippen molar-refractivity contribution in [1.29, 1.82) is 0 Å². The second kappa shape index (κ2) is 7.44. The average molecular weight is 405 g/mol. The maximum Gasteiger partial charge on any atom is 0.251 e. The summed E-state index contributed by atoms with van der Waals surface area (Å²) in [5, 5.41) is 0. The first-order chi connectivity index (χ1) is 14.6. The molecule has 154 valence electrons. The standard InChI is InChI=1S/C22H23N5O3/c1-25(11-15-6-9-30-14-15)21(29)20-17-10-16(18-4-2-5-19(28)27(18)20)12-26(13-17)22-23-7-3-8-24-22/h2-9,14,16-17,20H,10-13H2,1H3/t16-,17+,20+/m0/s1. The zero-order valence-corrected chi connectivity index (χ0v) is 16.7. The maximum absolute atomic E-state index is 13.6.